The van der Waals surface area contributed by atoms with E-state index in [0.717, 1.165) is 11.1 Å². The Kier molecular flexibility index (Phi) is 6.38. The van der Waals surface area contributed by atoms with E-state index in [1.165, 1.54) is 14.2 Å². The number of aliphatic hydroxyl groups is 1. The third-order valence-corrected chi connectivity index (χ3v) is 5.38. The second kappa shape index (κ2) is 9.55. The average Bonchev–Trinajstić information content (AvgIpc) is 2.86. The SMILES string of the molecule is COc1cc([C@@H]2Oc3cc(/C=C/c4ccccc4C#N)ccc3O[C@H]2CO)cc(OC)c1O. The molecule has 7 heteroatoms. The van der Waals surface area contributed by atoms with Gasteiger partial charge in [-0.3, -0.25) is 0 Å². The number of phenolic OH excluding ortho intramolecular Hbond substituents is 1. The minimum atomic E-state index is -0.666. The lowest BCUT2D eigenvalue weighted by molar-refractivity contribution is -0.0124. The largest absolute Gasteiger partial charge is 0.502 e. The fraction of sp³-hybridized carbons (Fsp3) is 0.192. The summed E-state index contributed by atoms with van der Waals surface area (Å²) in [6.07, 6.45) is 2.43. The standard InChI is InChI=1S/C26H23NO6/c1-30-22-12-19(13-23(31-2)25(22)29)26-24(15-28)32-20-10-8-16(11-21(20)33-26)7-9-17-5-3-4-6-18(17)14-27/h3-13,24,26,28-29H,15H2,1-2H3/b9-7+/t24-,26-/m0/s1. The first-order valence-electron chi connectivity index (χ1n) is 10.3. The van der Waals surface area contributed by atoms with Gasteiger partial charge in [-0.1, -0.05) is 36.4 Å². The monoisotopic (exact) mass is 445 g/mol. The molecule has 0 radical (unpaired) electrons. The molecule has 4 rings (SSSR count). The fourth-order valence-electron chi connectivity index (χ4n) is 3.68. The number of nitrogens with zero attached hydrogens (tertiary/aromatic N) is 1. The Morgan fingerprint density at radius 1 is 0.970 bits per heavy atom. The van der Waals surface area contributed by atoms with E-state index < -0.39 is 12.2 Å². The van der Waals surface area contributed by atoms with Crippen LogP contribution in [0, 0.1) is 11.3 Å². The van der Waals surface area contributed by atoms with Crippen molar-refractivity contribution in [3.63, 3.8) is 0 Å². The normalized spacial score (nSPS) is 16.9. The van der Waals surface area contributed by atoms with Gasteiger partial charge in [-0.25, -0.2) is 0 Å². The molecule has 0 aromatic heterocycles. The highest BCUT2D eigenvalue weighted by atomic mass is 16.6. The molecule has 0 saturated heterocycles. The number of phenols is 1. The molecule has 1 aliphatic heterocycles. The molecule has 0 amide bonds. The number of ether oxygens (including phenoxy) is 4. The lowest BCUT2D eigenvalue weighted by Crippen LogP contribution is -2.36. The van der Waals surface area contributed by atoms with Crippen LogP contribution in [0.5, 0.6) is 28.7 Å². The second-order valence-corrected chi connectivity index (χ2v) is 7.39. The van der Waals surface area contributed by atoms with E-state index in [1.807, 2.05) is 42.5 Å². The highest BCUT2D eigenvalue weighted by molar-refractivity contribution is 5.73. The topological polar surface area (TPSA) is 101 Å². The minimum absolute atomic E-state index is 0.119. The minimum Gasteiger partial charge on any atom is -0.502 e. The van der Waals surface area contributed by atoms with Crippen LogP contribution in [-0.2, 0) is 0 Å². The van der Waals surface area contributed by atoms with Gasteiger partial charge in [-0.15, -0.1) is 0 Å². The van der Waals surface area contributed by atoms with Gasteiger partial charge in [0.25, 0.3) is 0 Å². The lowest BCUT2D eigenvalue weighted by atomic mass is 10.0. The first-order chi connectivity index (χ1) is 16.1. The van der Waals surface area contributed by atoms with Crippen LogP contribution in [0.4, 0.5) is 0 Å². The maximum absolute atomic E-state index is 10.2. The molecular formula is C26H23NO6. The first kappa shape index (κ1) is 22.1. The number of aromatic hydroxyl groups is 1. The summed E-state index contributed by atoms with van der Waals surface area (Å²) in [5, 5.41) is 29.4. The molecule has 0 aliphatic carbocycles. The molecule has 0 spiro atoms. The summed E-state index contributed by atoms with van der Waals surface area (Å²) < 4.78 is 22.7. The average molecular weight is 445 g/mol. The van der Waals surface area contributed by atoms with Crippen molar-refractivity contribution in [1.29, 1.82) is 5.26 Å². The van der Waals surface area contributed by atoms with Crippen LogP contribution >= 0.6 is 0 Å². The number of aliphatic hydroxyl groups excluding tert-OH is 1. The number of fused-ring (bicyclic) bond motifs is 1. The van der Waals surface area contributed by atoms with Crippen molar-refractivity contribution in [1.82, 2.24) is 0 Å². The molecule has 2 atom stereocenters. The van der Waals surface area contributed by atoms with E-state index in [1.54, 1.807) is 24.3 Å². The van der Waals surface area contributed by atoms with Crippen LogP contribution in [0.25, 0.3) is 12.2 Å². The molecular weight excluding hydrogens is 422 g/mol. The van der Waals surface area contributed by atoms with Gasteiger partial charge in [0.2, 0.25) is 5.75 Å². The zero-order valence-corrected chi connectivity index (χ0v) is 18.2. The van der Waals surface area contributed by atoms with Gasteiger partial charge in [0.05, 0.1) is 32.5 Å². The van der Waals surface area contributed by atoms with Crippen LogP contribution in [0.3, 0.4) is 0 Å². The van der Waals surface area contributed by atoms with Gasteiger partial charge >= 0.3 is 0 Å². The van der Waals surface area contributed by atoms with Crippen molar-refractivity contribution < 1.29 is 29.2 Å². The van der Waals surface area contributed by atoms with Crippen LogP contribution < -0.4 is 18.9 Å². The highest BCUT2D eigenvalue weighted by Gasteiger charge is 2.34. The molecule has 1 aliphatic rings. The molecule has 2 N–H and O–H groups in total. The predicted molar refractivity (Wildman–Crippen MR) is 123 cm³/mol. The molecule has 0 fully saturated rings. The summed E-state index contributed by atoms with van der Waals surface area (Å²) in [7, 11) is 2.89. The Labute approximate surface area is 191 Å². The van der Waals surface area contributed by atoms with E-state index >= 15 is 0 Å². The summed E-state index contributed by atoms with van der Waals surface area (Å²) in [4.78, 5) is 0. The van der Waals surface area contributed by atoms with Gasteiger partial charge in [-0.05, 0) is 41.5 Å². The predicted octanol–water partition coefficient (Wildman–Crippen LogP) is 4.32. The number of rotatable bonds is 6. The lowest BCUT2D eigenvalue weighted by Gasteiger charge is -2.33. The Bertz CT molecular complexity index is 1200. The van der Waals surface area contributed by atoms with E-state index in [0.29, 0.717) is 22.6 Å². The van der Waals surface area contributed by atoms with E-state index in [-0.39, 0.29) is 23.9 Å². The third-order valence-electron chi connectivity index (χ3n) is 5.38. The summed E-state index contributed by atoms with van der Waals surface area (Å²) in [5.74, 6) is 1.35. The third kappa shape index (κ3) is 4.43. The van der Waals surface area contributed by atoms with Gasteiger partial charge in [-0.2, -0.15) is 5.26 Å². The molecule has 3 aromatic rings. The van der Waals surface area contributed by atoms with Crippen LogP contribution in [-0.4, -0.2) is 37.1 Å². The van der Waals surface area contributed by atoms with Crippen molar-refractivity contribution in [2.75, 3.05) is 20.8 Å². The molecule has 0 unspecified atom stereocenters. The Morgan fingerprint density at radius 2 is 1.70 bits per heavy atom. The van der Waals surface area contributed by atoms with Crippen molar-refractivity contribution in [3.05, 3.63) is 76.9 Å². The zero-order valence-electron chi connectivity index (χ0n) is 18.2. The number of methoxy groups -OCH3 is 2. The van der Waals surface area contributed by atoms with Crippen molar-refractivity contribution in [2.45, 2.75) is 12.2 Å². The molecule has 168 valence electrons. The van der Waals surface area contributed by atoms with Crippen LogP contribution in [0.15, 0.2) is 54.6 Å². The highest BCUT2D eigenvalue weighted by Crippen LogP contribution is 2.44. The summed E-state index contributed by atoms with van der Waals surface area (Å²) in [6, 6.07) is 18.3. The zero-order chi connectivity index (χ0) is 23.4. The molecule has 3 aromatic carbocycles. The Balaban J connectivity index is 1.66. The van der Waals surface area contributed by atoms with Crippen molar-refractivity contribution in [3.8, 4) is 34.8 Å². The van der Waals surface area contributed by atoms with Crippen LogP contribution in [0.2, 0.25) is 0 Å². The van der Waals surface area contributed by atoms with Gasteiger partial charge in [0, 0.05) is 5.56 Å². The number of hydrogen-bond acceptors (Lipinski definition) is 7. The molecule has 0 bridgehead atoms. The maximum atomic E-state index is 10.2. The molecule has 7 nitrogen and oxygen atoms in total. The first-order valence-corrected chi connectivity index (χ1v) is 10.3. The Hall–Kier alpha value is -4.15. The number of nitriles is 1. The van der Waals surface area contributed by atoms with Crippen LogP contribution in [0.1, 0.15) is 28.4 Å². The molecule has 0 saturated carbocycles. The number of benzene rings is 3. The smallest absolute Gasteiger partial charge is 0.200 e. The molecule has 1 heterocycles. The fourth-order valence-corrected chi connectivity index (χ4v) is 3.68. The maximum Gasteiger partial charge on any atom is 0.200 e. The molecule has 33 heavy (non-hydrogen) atoms. The number of hydrogen-bond donors (Lipinski definition) is 2. The van der Waals surface area contributed by atoms with Crippen molar-refractivity contribution in [2.24, 2.45) is 0 Å². The van der Waals surface area contributed by atoms with Gasteiger partial charge < -0.3 is 29.2 Å². The van der Waals surface area contributed by atoms with E-state index in [2.05, 4.69) is 6.07 Å². The van der Waals surface area contributed by atoms with Gasteiger partial charge in [0.15, 0.2) is 35.2 Å². The van der Waals surface area contributed by atoms with E-state index in [9.17, 15) is 15.5 Å². The summed E-state index contributed by atoms with van der Waals surface area (Å²) in [6.45, 7) is -0.276. The Morgan fingerprint density at radius 3 is 2.36 bits per heavy atom. The van der Waals surface area contributed by atoms with Crippen molar-refractivity contribution >= 4 is 12.2 Å². The summed E-state index contributed by atoms with van der Waals surface area (Å²) >= 11 is 0. The van der Waals surface area contributed by atoms with Gasteiger partial charge in [0.1, 0.15) is 0 Å². The second-order valence-electron chi connectivity index (χ2n) is 7.39. The van der Waals surface area contributed by atoms with E-state index in [4.69, 9.17) is 18.9 Å². The summed E-state index contributed by atoms with van der Waals surface area (Å²) in [5.41, 5.74) is 2.88. The quantitative estimate of drug-likeness (QED) is 0.545.